The van der Waals surface area contributed by atoms with Crippen molar-refractivity contribution in [2.75, 3.05) is 33.7 Å². The Morgan fingerprint density at radius 1 is 1.06 bits per heavy atom. The van der Waals surface area contributed by atoms with E-state index in [-0.39, 0.29) is 36.8 Å². The molecule has 0 saturated carbocycles. The third-order valence-corrected chi connectivity index (χ3v) is 10.9. The maximum absolute atomic E-state index is 13.6. The molecule has 0 aromatic heterocycles. The van der Waals surface area contributed by atoms with Crippen molar-refractivity contribution in [3.63, 3.8) is 0 Å². The number of esters is 1. The number of aliphatic hydroxyl groups is 5. The third-order valence-electron chi connectivity index (χ3n) is 10.9. The summed E-state index contributed by atoms with van der Waals surface area (Å²) in [6.45, 7) is 17.0. The van der Waals surface area contributed by atoms with Gasteiger partial charge in [-0.2, -0.15) is 0 Å². The Morgan fingerprint density at radius 2 is 1.71 bits per heavy atom. The minimum absolute atomic E-state index is 0.0836. The summed E-state index contributed by atoms with van der Waals surface area (Å²) in [6.07, 6.45) is -0.771. The molecule has 2 saturated heterocycles. The van der Waals surface area contributed by atoms with Gasteiger partial charge in [-0.05, 0) is 86.7 Å². The number of carbonyl (C=O) groups excluding carboxylic acids is 2. The monoisotopic (exact) mass is 730 g/mol. The van der Waals surface area contributed by atoms with E-state index in [1.165, 1.54) is 13.8 Å². The Balaban J connectivity index is 2.50. The molecule has 0 bridgehead atoms. The van der Waals surface area contributed by atoms with Gasteiger partial charge in [0.2, 0.25) is 5.91 Å². The van der Waals surface area contributed by atoms with Crippen molar-refractivity contribution in [3.05, 3.63) is 12.2 Å². The lowest BCUT2D eigenvalue weighted by Gasteiger charge is -2.46. The number of ether oxygens (including phenoxy) is 3. The first-order valence-electron chi connectivity index (χ1n) is 19.0. The molecular formula is C38H71N3O10. The van der Waals surface area contributed by atoms with Crippen molar-refractivity contribution in [2.45, 2.75) is 167 Å². The van der Waals surface area contributed by atoms with Crippen LogP contribution >= 0.6 is 0 Å². The number of nitrogens with one attached hydrogen (secondary N) is 1. The number of amides is 1. The standard InChI is InChI=1S/C38H71N3O10/c1-12-14-15-17-30(42)39-18-16-19-41-22-23(3)21-37(8,47)34(51-36-32(44)28(40(10)11)20-24(4)49-36)25(5)31(43)26(6)35(46)50-29(13-2)38(9,48)33(45)27(41)7/h14-15,23-29,31-34,36,43-45,47-48H,12-13,16-22H2,1-11H3,(H,39,42)/b15-14-/t23-,24-,25+,26-,27-,28+,29-,31+,32-,33-,34-,36+,37-,38-/m1/s1. The second-order valence-electron chi connectivity index (χ2n) is 16.0. The van der Waals surface area contributed by atoms with Crippen LogP contribution in [0.4, 0.5) is 0 Å². The van der Waals surface area contributed by atoms with E-state index in [4.69, 9.17) is 14.2 Å². The van der Waals surface area contributed by atoms with E-state index >= 15 is 0 Å². The minimum Gasteiger partial charge on any atom is -0.459 e. The van der Waals surface area contributed by atoms with E-state index in [1.807, 2.05) is 56.8 Å². The molecule has 2 rings (SSSR count). The molecule has 14 atom stereocenters. The summed E-state index contributed by atoms with van der Waals surface area (Å²) < 4.78 is 18.4. The molecule has 2 heterocycles. The molecule has 2 aliphatic rings. The van der Waals surface area contributed by atoms with Crippen LogP contribution in [-0.2, 0) is 23.8 Å². The fraction of sp³-hybridized carbons (Fsp3) is 0.895. The molecule has 2 fully saturated rings. The Labute approximate surface area is 306 Å². The topological polar surface area (TPSA) is 181 Å². The van der Waals surface area contributed by atoms with Crippen LogP contribution in [0.2, 0.25) is 0 Å². The van der Waals surface area contributed by atoms with Gasteiger partial charge in [0.15, 0.2) is 6.29 Å². The predicted octanol–water partition coefficient (Wildman–Crippen LogP) is 2.21. The molecule has 2 aliphatic heterocycles. The van der Waals surface area contributed by atoms with E-state index in [1.54, 1.807) is 27.7 Å². The fourth-order valence-electron chi connectivity index (χ4n) is 7.84. The fourth-order valence-corrected chi connectivity index (χ4v) is 7.84. The third kappa shape index (κ3) is 12.4. The highest BCUT2D eigenvalue weighted by atomic mass is 16.7. The van der Waals surface area contributed by atoms with Crippen LogP contribution in [-0.4, -0.2) is 147 Å². The average Bonchev–Trinajstić information content (AvgIpc) is 3.05. The summed E-state index contributed by atoms with van der Waals surface area (Å²) in [6, 6.07) is -0.880. The van der Waals surface area contributed by atoms with Crippen LogP contribution in [0.15, 0.2) is 12.2 Å². The molecule has 0 radical (unpaired) electrons. The molecule has 0 aromatic carbocycles. The number of cyclic esters (lactones) is 1. The molecule has 51 heavy (non-hydrogen) atoms. The molecule has 0 aliphatic carbocycles. The molecule has 13 heteroatoms. The number of allylic oxidation sites excluding steroid dienone is 1. The van der Waals surface area contributed by atoms with Crippen molar-refractivity contribution >= 4 is 11.9 Å². The largest absolute Gasteiger partial charge is 0.459 e. The predicted molar refractivity (Wildman–Crippen MR) is 196 cm³/mol. The van der Waals surface area contributed by atoms with E-state index < -0.39 is 71.9 Å². The van der Waals surface area contributed by atoms with Gasteiger partial charge in [0, 0.05) is 44.1 Å². The highest BCUT2D eigenvalue weighted by Crippen LogP contribution is 2.36. The van der Waals surface area contributed by atoms with Gasteiger partial charge in [0.1, 0.15) is 23.9 Å². The van der Waals surface area contributed by atoms with Crippen LogP contribution in [0.3, 0.4) is 0 Å². The molecule has 0 unspecified atom stereocenters. The van der Waals surface area contributed by atoms with Crippen LogP contribution < -0.4 is 5.32 Å². The number of carbonyl (C=O) groups is 2. The Kier molecular flexibility index (Phi) is 17.9. The molecule has 0 aromatic rings. The smallest absolute Gasteiger partial charge is 0.311 e. The Hall–Kier alpha value is -1.68. The van der Waals surface area contributed by atoms with Crippen molar-refractivity contribution in [1.82, 2.24) is 15.1 Å². The van der Waals surface area contributed by atoms with E-state index in [0.717, 1.165) is 6.42 Å². The van der Waals surface area contributed by atoms with Crippen molar-refractivity contribution in [3.8, 4) is 0 Å². The van der Waals surface area contributed by atoms with E-state index in [9.17, 15) is 35.1 Å². The normalized spacial score (nSPS) is 41.2. The summed E-state index contributed by atoms with van der Waals surface area (Å²) in [4.78, 5) is 29.8. The minimum atomic E-state index is -1.84. The van der Waals surface area contributed by atoms with Crippen molar-refractivity contribution < 1.29 is 49.3 Å². The first-order chi connectivity index (χ1) is 23.7. The van der Waals surface area contributed by atoms with Crippen LogP contribution in [0.5, 0.6) is 0 Å². The lowest BCUT2D eigenvalue weighted by atomic mass is 9.78. The van der Waals surface area contributed by atoms with Gasteiger partial charge >= 0.3 is 5.97 Å². The Morgan fingerprint density at radius 3 is 2.29 bits per heavy atom. The van der Waals surface area contributed by atoms with Crippen LogP contribution in [0.1, 0.15) is 101 Å². The highest BCUT2D eigenvalue weighted by Gasteiger charge is 2.50. The van der Waals surface area contributed by atoms with Crippen molar-refractivity contribution in [2.24, 2.45) is 17.8 Å². The highest BCUT2D eigenvalue weighted by molar-refractivity contribution is 5.77. The zero-order valence-electron chi connectivity index (χ0n) is 33.1. The molecule has 6 N–H and O–H groups in total. The summed E-state index contributed by atoms with van der Waals surface area (Å²) in [7, 11) is 3.74. The second kappa shape index (κ2) is 20.1. The van der Waals surface area contributed by atoms with Crippen molar-refractivity contribution in [1.29, 1.82) is 0 Å². The maximum atomic E-state index is 13.6. The summed E-state index contributed by atoms with van der Waals surface area (Å²) in [5.74, 6) is -2.96. The maximum Gasteiger partial charge on any atom is 0.311 e. The number of rotatable bonds is 11. The lowest BCUT2D eigenvalue weighted by Crippen LogP contribution is -2.59. The number of aliphatic hydroxyl groups excluding tert-OH is 3. The first-order valence-corrected chi connectivity index (χ1v) is 19.0. The van der Waals surface area contributed by atoms with Gasteiger partial charge in [0.25, 0.3) is 0 Å². The second-order valence-corrected chi connectivity index (χ2v) is 16.0. The van der Waals surface area contributed by atoms with Gasteiger partial charge in [-0.15, -0.1) is 0 Å². The molecule has 298 valence electrons. The van der Waals surface area contributed by atoms with Gasteiger partial charge in [-0.3, -0.25) is 14.5 Å². The summed E-state index contributed by atoms with van der Waals surface area (Å²) in [5.41, 5.74) is -3.42. The van der Waals surface area contributed by atoms with E-state index in [2.05, 4.69) is 5.32 Å². The molecule has 1 amide bonds. The number of hydrogen-bond acceptors (Lipinski definition) is 12. The Bertz CT molecular complexity index is 1100. The van der Waals surface area contributed by atoms with Gasteiger partial charge in [-0.25, -0.2) is 0 Å². The van der Waals surface area contributed by atoms with Gasteiger partial charge in [0.05, 0.1) is 29.8 Å². The van der Waals surface area contributed by atoms with E-state index in [0.29, 0.717) is 38.9 Å². The molecular weight excluding hydrogens is 658 g/mol. The SMILES string of the molecule is CC/C=C\CC(=O)NCCCN1C[C@H](C)C[C@@](C)(O)[C@H](O[C@@H]2O[C@H](C)C[C@H](N(C)C)[C@H]2O)[C@@H](C)[C@H](O)[C@@H](C)C(=O)O[C@H](CC)[C@@](C)(O)[C@H](O)[C@H]1C. The quantitative estimate of drug-likeness (QED) is 0.104. The first kappa shape index (κ1) is 45.5. The van der Waals surface area contributed by atoms with Crippen LogP contribution in [0.25, 0.3) is 0 Å². The summed E-state index contributed by atoms with van der Waals surface area (Å²) in [5, 5.41) is 61.5. The number of hydrogen-bond donors (Lipinski definition) is 6. The zero-order chi connectivity index (χ0) is 38.8. The number of nitrogens with zero attached hydrogens (tertiary/aromatic N) is 2. The van der Waals surface area contributed by atoms with Crippen LogP contribution in [0, 0.1) is 17.8 Å². The summed E-state index contributed by atoms with van der Waals surface area (Å²) >= 11 is 0. The van der Waals surface area contributed by atoms with Gasteiger partial charge < -0.3 is 50.0 Å². The average molecular weight is 730 g/mol. The number of likely N-dealkylation sites (N-methyl/N-ethyl adjacent to an activating group) is 1. The molecule has 0 spiro atoms. The lowest BCUT2D eigenvalue weighted by molar-refractivity contribution is -0.299. The van der Waals surface area contributed by atoms with Gasteiger partial charge in [-0.1, -0.05) is 39.8 Å². The zero-order valence-corrected chi connectivity index (χ0v) is 33.1. The molecule has 13 nitrogen and oxygen atoms in total.